The molecule has 14 heavy (non-hydrogen) atoms. The van der Waals surface area contributed by atoms with Crippen LogP contribution in [0.1, 0.15) is 11.3 Å². The summed E-state index contributed by atoms with van der Waals surface area (Å²) in [5, 5.41) is 12.9. The molecule has 0 bridgehead atoms. The first-order valence-corrected chi connectivity index (χ1v) is 4.19. The second-order valence-corrected chi connectivity index (χ2v) is 2.87. The van der Waals surface area contributed by atoms with Gasteiger partial charge in [-0.25, -0.2) is 9.67 Å². The van der Waals surface area contributed by atoms with E-state index in [1.54, 1.807) is 24.0 Å². The standard InChI is InChI=1S/C10H8N4/c1-8-9(6-11)7-14(13-8)10-4-2-3-5-12-10/h2-5,7H,1H3. The second kappa shape index (κ2) is 3.30. The molecule has 0 radical (unpaired) electrons. The van der Waals surface area contributed by atoms with Gasteiger partial charge in [0.1, 0.15) is 6.07 Å². The van der Waals surface area contributed by atoms with Crippen LogP contribution in [0.5, 0.6) is 0 Å². The van der Waals surface area contributed by atoms with Gasteiger partial charge in [-0.2, -0.15) is 10.4 Å². The fraction of sp³-hybridized carbons (Fsp3) is 0.100. The molecule has 4 heteroatoms. The summed E-state index contributed by atoms with van der Waals surface area (Å²) in [6.07, 6.45) is 3.37. The normalized spacial score (nSPS) is 9.71. The zero-order valence-corrected chi connectivity index (χ0v) is 7.68. The molecule has 0 unspecified atom stereocenters. The van der Waals surface area contributed by atoms with Crippen molar-refractivity contribution in [1.82, 2.24) is 14.8 Å². The number of aromatic nitrogens is 3. The van der Waals surface area contributed by atoms with Gasteiger partial charge in [0.15, 0.2) is 5.82 Å². The molecule has 4 nitrogen and oxygen atoms in total. The maximum atomic E-state index is 8.75. The van der Waals surface area contributed by atoms with E-state index in [4.69, 9.17) is 5.26 Å². The van der Waals surface area contributed by atoms with Gasteiger partial charge >= 0.3 is 0 Å². The van der Waals surface area contributed by atoms with Gasteiger partial charge in [-0.15, -0.1) is 0 Å². The Morgan fingerprint density at radius 1 is 1.43 bits per heavy atom. The van der Waals surface area contributed by atoms with Crippen LogP contribution in [0.25, 0.3) is 5.82 Å². The smallest absolute Gasteiger partial charge is 0.153 e. The molecule has 0 aliphatic carbocycles. The summed E-state index contributed by atoms with van der Waals surface area (Å²) in [5.74, 6) is 0.720. The fourth-order valence-corrected chi connectivity index (χ4v) is 1.18. The van der Waals surface area contributed by atoms with Gasteiger partial charge in [0.25, 0.3) is 0 Å². The molecular formula is C10H8N4. The lowest BCUT2D eigenvalue weighted by Gasteiger charge is -1.96. The molecular weight excluding hydrogens is 176 g/mol. The van der Waals surface area contributed by atoms with Crippen LogP contribution in [0, 0.1) is 18.3 Å². The Bertz CT molecular complexity index is 479. The van der Waals surface area contributed by atoms with Crippen LogP contribution < -0.4 is 0 Å². The van der Waals surface area contributed by atoms with Crippen LogP contribution in [0.3, 0.4) is 0 Å². The van der Waals surface area contributed by atoms with Crippen molar-refractivity contribution in [1.29, 1.82) is 5.26 Å². The molecule has 2 aromatic heterocycles. The predicted octanol–water partition coefficient (Wildman–Crippen LogP) is 1.45. The third kappa shape index (κ3) is 1.36. The molecule has 2 rings (SSSR count). The van der Waals surface area contributed by atoms with E-state index in [1.807, 2.05) is 18.2 Å². The summed E-state index contributed by atoms with van der Waals surface area (Å²) in [7, 11) is 0. The van der Waals surface area contributed by atoms with Crippen LogP contribution in [0.4, 0.5) is 0 Å². The lowest BCUT2D eigenvalue weighted by Crippen LogP contribution is -1.96. The summed E-state index contributed by atoms with van der Waals surface area (Å²) < 4.78 is 1.61. The van der Waals surface area contributed by atoms with Crippen molar-refractivity contribution in [3.8, 4) is 11.9 Å². The highest BCUT2D eigenvalue weighted by Gasteiger charge is 2.04. The third-order valence-corrected chi connectivity index (χ3v) is 1.90. The van der Waals surface area contributed by atoms with Crippen LogP contribution in [0.2, 0.25) is 0 Å². The Hall–Kier alpha value is -2.15. The number of aryl methyl sites for hydroxylation is 1. The van der Waals surface area contributed by atoms with Gasteiger partial charge in [-0.05, 0) is 19.1 Å². The SMILES string of the molecule is Cc1nn(-c2ccccn2)cc1C#N. The first-order valence-electron chi connectivity index (χ1n) is 4.19. The van der Waals surface area contributed by atoms with E-state index in [0.717, 1.165) is 11.5 Å². The van der Waals surface area contributed by atoms with Gasteiger partial charge in [-0.1, -0.05) is 6.07 Å². The Morgan fingerprint density at radius 2 is 2.29 bits per heavy atom. The molecule has 0 amide bonds. The minimum atomic E-state index is 0.579. The minimum Gasteiger partial charge on any atom is -0.237 e. The molecule has 0 spiro atoms. The molecule has 0 N–H and O–H groups in total. The highest BCUT2D eigenvalue weighted by Crippen LogP contribution is 2.07. The molecule has 0 saturated heterocycles. The first-order chi connectivity index (χ1) is 6.81. The monoisotopic (exact) mass is 184 g/mol. The number of nitrogens with zero attached hydrogens (tertiary/aromatic N) is 4. The molecule has 0 aliphatic rings. The zero-order valence-electron chi connectivity index (χ0n) is 7.68. The highest BCUT2D eigenvalue weighted by molar-refractivity contribution is 5.33. The Morgan fingerprint density at radius 3 is 2.86 bits per heavy atom. The molecule has 68 valence electrons. The molecule has 0 saturated carbocycles. The van der Waals surface area contributed by atoms with E-state index in [1.165, 1.54) is 0 Å². The van der Waals surface area contributed by atoms with Gasteiger partial charge in [0, 0.05) is 6.20 Å². The summed E-state index contributed by atoms with van der Waals surface area (Å²) in [6, 6.07) is 7.63. The van der Waals surface area contributed by atoms with E-state index in [9.17, 15) is 0 Å². The molecule has 0 fully saturated rings. The van der Waals surface area contributed by atoms with Gasteiger partial charge in [-0.3, -0.25) is 0 Å². The van der Waals surface area contributed by atoms with E-state index in [2.05, 4.69) is 16.2 Å². The van der Waals surface area contributed by atoms with Crippen molar-refractivity contribution in [2.75, 3.05) is 0 Å². The summed E-state index contributed by atoms with van der Waals surface area (Å²) >= 11 is 0. The number of hydrogen-bond donors (Lipinski definition) is 0. The van der Waals surface area contributed by atoms with Crippen molar-refractivity contribution < 1.29 is 0 Å². The van der Waals surface area contributed by atoms with Crippen LogP contribution in [-0.2, 0) is 0 Å². The first kappa shape index (κ1) is 8.45. The average molecular weight is 184 g/mol. The second-order valence-electron chi connectivity index (χ2n) is 2.87. The van der Waals surface area contributed by atoms with Crippen molar-refractivity contribution in [3.05, 3.63) is 41.9 Å². The number of nitriles is 1. The summed E-state index contributed by atoms with van der Waals surface area (Å²) in [5.41, 5.74) is 1.30. The maximum absolute atomic E-state index is 8.75. The van der Waals surface area contributed by atoms with Crippen LogP contribution >= 0.6 is 0 Å². The molecule has 0 aliphatic heterocycles. The molecule has 2 aromatic rings. The topological polar surface area (TPSA) is 54.5 Å². The predicted molar refractivity (Wildman–Crippen MR) is 50.8 cm³/mol. The van der Waals surface area contributed by atoms with Crippen molar-refractivity contribution in [3.63, 3.8) is 0 Å². The van der Waals surface area contributed by atoms with Crippen molar-refractivity contribution in [2.45, 2.75) is 6.92 Å². The van der Waals surface area contributed by atoms with Crippen molar-refractivity contribution >= 4 is 0 Å². The lowest BCUT2D eigenvalue weighted by atomic mass is 10.3. The fourth-order valence-electron chi connectivity index (χ4n) is 1.18. The number of pyridine rings is 1. The summed E-state index contributed by atoms with van der Waals surface area (Å²) in [6.45, 7) is 1.80. The van der Waals surface area contributed by atoms with E-state index in [0.29, 0.717) is 5.56 Å². The molecule has 2 heterocycles. The third-order valence-electron chi connectivity index (χ3n) is 1.90. The van der Waals surface area contributed by atoms with E-state index in [-0.39, 0.29) is 0 Å². The quantitative estimate of drug-likeness (QED) is 0.674. The minimum absolute atomic E-state index is 0.579. The van der Waals surface area contributed by atoms with Crippen molar-refractivity contribution in [2.24, 2.45) is 0 Å². The van der Waals surface area contributed by atoms with Gasteiger partial charge < -0.3 is 0 Å². The Balaban J connectivity index is 2.50. The lowest BCUT2D eigenvalue weighted by molar-refractivity contribution is 0.832. The highest BCUT2D eigenvalue weighted by atomic mass is 15.3. The van der Waals surface area contributed by atoms with E-state index < -0.39 is 0 Å². The largest absolute Gasteiger partial charge is 0.237 e. The number of hydrogen-bond acceptors (Lipinski definition) is 3. The van der Waals surface area contributed by atoms with Gasteiger partial charge in [0.05, 0.1) is 17.5 Å². The summed E-state index contributed by atoms with van der Waals surface area (Å²) in [4.78, 5) is 4.13. The zero-order chi connectivity index (χ0) is 9.97. The van der Waals surface area contributed by atoms with Crippen LogP contribution in [-0.4, -0.2) is 14.8 Å². The maximum Gasteiger partial charge on any atom is 0.153 e. The van der Waals surface area contributed by atoms with E-state index >= 15 is 0 Å². The molecule has 0 aromatic carbocycles. The Labute approximate surface area is 81.4 Å². The van der Waals surface area contributed by atoms with Gasteiger partial charge in [0.2, 0.25) is 0 Å². The molecule has 0 atom stereocenters. The Kier molecular flexibility index (Phi) is 1.99. The van der Waals surface area contributed by atoms with Crippen LogP contribution in [0.15, 0.2) is 30.6 Å². The number of rotatable bonds is 1. The average Bonchev–Trinajstić information content (AvgIpc) is 2.61.